The Morgan fingerprint density at radius 1 is 0.500 bits per heavy atom. The number of para-hydroxylation sites is 1. The number of aromatic nitrogens is 1. The van der Waals surface area contributed by atoms with Crippen molar-refractivity contribution < 1.29 is 0 Å². The number of hydrogen-bond donors (Lipinski definition) is 0. The minimum Gasteiger partial charge on any atom is -0.328 e. The average molecular weight is 666 g/mol. The van der Waals surface area contributed by atoms with Gasteiger partial charge in [0.15, 0.2) is 0 Å². The second kappa shape index (κ2) is 13.3. The van der Waals surface area contributed by atoms with Crippen LogP contribution >= 0.6 is 11.3 Å². The third-order valence-electron chi connectivity index (χ3n) is 9.86. The van der Waals surface area contributed by atoms with Crippen molar-refractivity contribution in [2.75, 3.05) is 16.5 Å². The van der Waals surface area contributed by atoms with Crippen LogP contribution in [0, 0.1) is 27.7 Å². The molecule has 3 nitrogen and oxygen atoms in total. The molecule has 0 spiro atoms. The molecule has 5 aromatic carbocycles. The van der Waals surface area contributed by atoms with Crippen LogP contribution in [0.25, 0.3) is 54.4 Å². The SMILES string of the molecule is Cc1cccc(C)c1N1C=CN(c2ccc(-c3sc(-c4cccc(-c5ccccc5-c5cccc(-c6ccccn6)c5)c4)c(C)c3C)cc2)C1. The van der Waals surface area contributed by atoms with Crippen LogP contribution in [0.2, 0.25) is 0 Å². The van der Waals surface area contributed by atoms with Gasteiger partial charge >= 0.3 is 0 Å². The van der Waals surface area contributed by atoms with E-state index in [1.54, 1.807) is 0 Å². The molecule has 0 radical (unpaired) electrons. The maximum atomic E-state index is 4.58. The molecule has 0 saturated heterocycles. The van der Waals surface area contributed by atoms with E-state index in [9.17, 15) is 0 Å². The number of aryl methyl sites for hydroxylation is 2. The molecule has 3 heterocycles. The summed E-state index contributed by atoms with van der Waals surface area (Å²) in [6.45, 7) is 9.71. The molecular weight excluding hydrogens is 627 g/mol. The van der Waals surface area contributed by atoms with E-state index >= 15 is 0 Å². The molecule has 0 bridgehead atoms. The van der Waals surface area contributed by atoms with Crippen molar-refractivity contribution >= 4 is 22.7 Å². The van der Waals surface area contributed by atoms with Crippen LogP contribution in [0.1, 0.15) is 22.3 Å². The molecule has 0 saturated carbocycles. The normalized spacial score (nSPS) is 12.6. The molecule has 4 heteroatoms. The summed E-state index contributed by atoms with van der Waals surface area (Å²) in [5.74, 6) is 0. The van der Waals surface area contributed by atoms with E-state index in [4.69, 9.17) is 0 Å². The fraction of sp³-hybridized carbons (Fsp3) is 0.109. The van der Waals surface area contributed by atoms with Crippen LogP contribution < -0.4 is 9.80 Å². The summed E-state index contributed by atoms with van der Waals surface area (Å²) in [6, 6.07) is 48.1. The Hall–Kier alpha value is -5.71. The minimum atomic E-state index is 0.807. The molecule has 244 valence electrons. The Balaban J connectivity index is 1.06. The van der Waals surface area contributed by atoms with Gasteiger partial charge in [-0.25, -0.2) is 0 Å². The van der Waals surface area contributed by atoms with Crippen molar-refractivity contribution in [3.05, 3.63) is 174 Å². The van der Waals surface area contributed by atoms with Gasteiger partial charge in [-0.15, -0.1) is 11.3 Å². The maximum Gasteiger partial charge on any atom is 0.0989 e. The van der Waals surface area contributed by atoms with Gasteiger partial charge in [0, 0.05) is 45.3 Å². The molecule has 1 aliphatic heterocycles. The fourth-order valence-corrected chi connectivity index (χ4v) is 8.45. The zero-order chi connectivity index (χ0) is 34.2. The second-order valence-electron chi connectivity index (χ2n) is 13.1. The molecule has 0 fully saturated rings. The van der Waals surface area contributed by atoms with Gasteiger partial charge in [-0.05, 0) is 120 Å². The van der Waals surface area contributed by atoms with E-state index in [1.807, 2.05) is 29.7 Å². The lowest BCUT2D eigenvalue weighted by molar-refractivity contribution is 0.965. The van der Waals surface area contributed by atoms with E-state index < -0.39 is 0 Å². The number of benzene rings is 5. The van der Waals surface area contributed by atoms with Crippen molar-refractivity contribution in [2.24, 2.45) is 0 Å². The second-order valence-corrected chi connectivity index (χ2v) is 14.1. The smallest absolute Gasteiger partial charge is 0.0989 e. The topological polar surface area (TPSA) is 19.4 Å². The Morgan fingerprint density at radius 2 is 1.06 bits per heavy atom. The third-order valence-corrected chi connectivity index (χ3v) is 11.4. The van der Waals surface area contributed by atoms with Crippen molar-refractivity contribution in [3.63, 3.8) is 0 Å². The average Bonchev–Trinajstić information content (AvgIpc) is 3.76. The third kappa shape index (κ3) is 5.93. The number of anilines is 2. The largest absolute Gasteiger partial charge is 0.328 e. The highest BCUT2D eigenvalue weighted by atomic mass is 32.1. The van der Waals surface area contributed by atoms with Crippen LogP contribution in [-0.4, -0.2) is 11.7 Å². The molecule has 0 N–H and O–H groups in total. The minimum absolute atomic E-state index is 0.807. The Labute approximate surface area is 299 Å². The first-order valence-corrected chi connectivity index (χ1v) is 18.0. The summed E-state index contributed by atoms with van der Waals surface area (Å²) in [6.07, 6.45) is 6.22. The Morgan fingerprint density at radius 3 is 1.72 bits per heavy atom. The van der Waals surface area contributed by atoms with Gasteiger partial charge in [0.2, 0.25) is 0 Å². The van der Waals surface area contributed by atoms with E-state index in [1.165, 1.54) is 76.8 Å². The van der Waals surface area contributed by atoms with Crippen LogP contribution in [0.15, 0.2) is 152 Å². The zero-order valence-electron chi connectivity index (χ0n) is 28.9. The highest BCUT2D eigenvalue weighted by molar-refractivity contribution is 7.19. The van der Waals surface area contributed by atoms with E-state index in [0.29, 0.717) is 0 Å². The molecule has 50 heavy (non-hydrogen) atoms. The number of nitrogens with zero attached hydrogens (tertiary/aromatic N) is 3. The summed E-state index contributed by atoms with van der Waals surface area (Å²) < 4.78 is 0. The standard InChI is InChI=1S/C46H39N3S/c1-31-12-9-13-32(2)44(31)49-27-26-48(30-49)40-23-21-35(22-24-40)45-33(3)34(4)46(50-45)39-17-11-15-37(29-39)42-19-6-5-18-41(42)36-14-10-16-38(28-36)43-20-7-8-25-47-43/h5-29H,30H2,1-4H3. The molecule has 1 aliphatic rings. The number of pyridine rings is 1. The van der Waals surface area contributed by atoms with Gasteiger partial charge in [-0.3, -0.25) is 4.98 Å². The first kappa shape index (κ1) is 31.6. The first-order chi connectivity index (χ1) is 24.4. The summed E-state index contributed by atoms with van der Waals surface area (Å²) in [7, 11) is 0. The van der Waals surface area contributed by atoms with Gasteiger partial charge in [-0.1, -0.05) is 97.1 Å². The van der Waals surface area contributed by atoms with Gasteiger partial charge < -0.3 is 9.80 Å². The van der Waals surface area contributed by atoms with Gasteiger partial charge in [0.1, 0.15) is 0 Å². The maximum absolute atomic E-state index is 4.58. The predicted octanol–water partition coefficient (Wildman–Crippen LogP) is 12.5. The lowest BCUT2D eigenvalue weighted by Crippen LogP contribution is -2.25. The molecule has 7 aromatic rings. The summed E-state index contributed by atoms with van der Waals surface area (Å²) in [5.41, 5.74) is 17.2. The molecule has 0 unspecified atom stereocenters. The summed E-state index contributed by atoms with van der Waals surface area (Å²) in [4.78, 5) is 11.9. The first-order valence-electron chi connectivity index (χ1n) is 17.1. The molecule has 0 amide bonds. The number of thiophene rings is 1. The highest BCUT2D eigenvalue weighted by Gasteiger charge is 2.20. The zero-order valence-corrected chi connectivity index (χ0v) is 29.7. The van der Waals surface area contributed by atoms with Crippen LogP contribution in [0.5, 0.6) is 0 Å². The van der Waals surface area contributed by atoms with E-state index in [2.05, 4.69) is 176 Å². The lowest BCUT2D eigenvalue weighted by Gasteiger charge is -2.24. The van der Waals surface area contributed by atoms with Crippen LogP contribution in [0.4, 0.5) is 11.4 Å². The number of rotatable bonds is 7. The Bertz CT molecular complexity index is 2330. The van der Waals surface area contributed by atoms with Crippen LogP contribution in [-0.2, 0) is 0 Å². The van der Waals surface area contributed by atoms with Crippen molar-refractivity contribution in [2.45, 2.75) is 27.7 Å². The van der Waals surface area contributed by atoms with E-state index in [0.717, 1.165) is 17.9 Å². The van der Waals surface area contributed by atoms with E-state index in [-0.39, 0.29) is 0 Å². The summed E-state index contributed by atoms with van der Waals surface area (Å²) in [5, 5.41) is 0. The predicted molar refractivity (Wildman–Crippen MR) is 214 cm³/mol. The Kier molecular flexibility index (Phi) is 8.39. The van der Waals surface area contributed by atoms with Gasteiger partial charge in [0.25, 0.3) is 0 Å². The van der Waals surface area contributed by atoms with Crippen molar-refractivity contribution in [3.8, 4) is 54.4 Å². The van der Waals surface area contributed by atoms with Gasteiger partial charge in [-0.2, -0.15) is 0 Å². The molecule has 0 aliphatic carbocycles. The quantitative estimate of drug-likeness (QED) is 0.169. The molecule has 8 rings (SSSR count). The monoisotopic (exact) mass is 665 g/mol. The molecular formula is C46H39N3S. The molecule has 2 aromatic heterocycles. The van der Waals surface area contributed by atoms with Crippen molar-refractivity contribution in [1.29, 1.82) is 0 Å². The van der Waals surface area contributed by atoms with Crippen LogP contribution in [0.3, 0.4) is 0 Å². The fourth-order valence-electron chi connectivity index (χ4n) is 7.14. The highest BCUT2D eigenvalue weighted by Crippen LogP contribution is 2.44. The lowest BCUT2D eigenvalue weighted by atomic mass is 9.92. The molecule has 0 atom stereocenters. The van der Waals surface area contributed by atoms with Gasteiger partial charge in [0.05, 0.1) is 12.4 Å². The van der Waals surface area contributed by atoms with Crippen molar-refractivity contribution in [1.82, 2.24) is 4.98 Å². The number of hydrogen-bond acceptors (Lipinski definition) is 4. The summed E-state index contributed by atoms with van der Waals surface area (Å²) >= 11 is 1.89.